The Morgan fingerprint density at radius 1 is 1.09 bits per heavy atom. The van der Waals surface area contributed by atoms with Crippen molar-refractivity contribution in [3.8, 4) is 0 Å². The lowest BCUT2D eigenvalue weighted by Gasteiger charge is -2.15. The summed E-state index contributed by atoms with van der Waals surface area (Å²) in [6, 6.07) is 1.01. The van der Waals surface area contributed by atoms with Crippen LogP contribution in [0.5, 0.6) is 0 Å². The van der Waals surface area contributed by atoms with Gasteiger partial charge in [-0.2, -0.15) is 0 Å². The van der Waals surface area contributed by atoms with Crippen LogP contribution in [0.25, 0.3) is 0 Å². The van der Waals surface area contributed by atoms with Crippen LogP contribution in [0.1, 0.15) is 27.7 Å². The molecule has 0 saturated carbocycles. The van der Waals surface area contributed by atoms with Crippen molar-refractivity contribution in [2.75, 3.05) is 0 Å². The van der Waals surface area contributed by atoms with E-state index in [4.69, 9.17) is 0 Å². The highest BCUT2D eigenvalue weighted by atomic mass is 28.3. The van der Waals surface area contributed by atoms with Crippen molar-refractivity contribution in [3.63, 3.8) is 0 Å². The third-order valence-corrected chi connectivity index (χ3v) is 3.13. The van der Waals surface area contributed by atoms with Gasteiger partial charge in [0.2, 0.25) is 0 Å². The fourth-order valence-electron chi connectivity index (χ4n) is 0.721. The van der Waals surface area contributed by atoms with Gasteiger partial charge in [-0.25, -0.2) is 0 Å². The van der Waals surface area contributed by atoms with Crippen LogP contribution < -0.4 is 9.96 Å². The van der Waals surface area contributed by atoms with Crippen molar-refractivity contribution in [1.29, 1.82) is 0 Å². The van der Waals surface area contributed by atoms with E-state index in [0.29, 0.717) is 12.1 Å². The molecule has 0 unspecified atom stereocenters. The maximum absolute atomic E-state index is 3.66. The molecule has 0 aliphatic carbocycles. The molecule has 2 nitrogen and oxygen atoms in total. The minimum Gasteiger partial charge on any atom is -0.396 e. The van der Waals surface area contributed by atoms with Crippen molar-refractivity contribution in [2.24, 2.45) is 0 Å². The van der Waals surface area contributed by atoms with Crippen LogP contribution in [-0.4, -0.2) is 26.1 Å². The van der Waals surface area contributed by atoms with E-state index in [9.17, 15) is 0 Å². The highest BCUT2D eigenvalue weighted by molar-refractivity contribution is 6.59. The van der Waals surface area contributed by atoms with Crippen LogP contribution in [0.3, 0.4) is 0 Å². The normalized spacial score (nSPS) is 9.64. The van der Waals surface area contributed by atoms with E-state index < -0.39 is 8.73 Å². The monoisotopic (exact) mass is 170 g/mol. The first-order valence-corrected chi connectivity index (χ1v) is 5.49. The molecule has 2 N–H and O–H groups in total. The maximum atomic E-state index is 3.66. The van der Waals surface area contributed by atoms with Gasteiger partial charge in [0.1, 0.15) is 0 Å². The molecule has 0 aromatic rings. The molecule has 11 heavy (non-hydrogen) atoms. The smallest absolute Gasteiger partial charge is 0.298 e. The van der Waals surface area contributed by atoms with E-state index in [1.54, 1.807) is 0 Å². The molecule has 0 saturated heterocycles. The first-order valence-electron chi connectivity index (χ1n) is 3.99. The Morgan fingerprint density at radius 2 is 1.45 bits per heavy atom. The Bertz CT molecular complexity index is 145. The van der Waals surface area contributed by atoms with E-state index in [1.165, 1.54) is 0 Å². The molecule has 0 amide bonds. The Morgan fingerprint density at radius 3 is 1.64 bits per heavy atom. The predicted octanol–water partition coefficient (Wildman–Crippen LogP) is 0.639. The van der Waals surface area contributed by atoms with E-state index >= 15 is 0 Å². The molecule has 0 heterocycles. The summed E-state index contributed by atoms with van der Waals surface area (Å²) in [5.41, 5.74) is 0. The van der Waals surface area contributed by atoms with Crippen molar-refractivity contribution < 1.29 is 0 Å². The Labute approximate surface area is 71.1 Å². The van der Waals surface area contributed by atoms with Gasteiger partial charge in [0.15, 0.2) is 0 Å². The molecule has 0 fully saturated rings. The Hall–Kier alpha value is -0.533. The molecule has 64 valence electrons. The second-order valence-corrected chi connectivity index (χ2v) is 4.83. The lowest BCUT2D eigenvalue weighted by atomic mass is 10.4. The minimum atomic E-state index is -0.844. The zero-order valence-electron chi connectivity index (χ0n) is 7.86. The fourth-order valence-corrected chi connectivity index (χ4v) is 2.16. The number of nitrogens with one attached hydrogen (secondary N) is 2. The summed E-state index contributed by atoms with van der Waals surface area (Å²) in [6.45, 7) is 12.2. The lowest BCUT2D eigenvalue weighted by molar-refractivity contribution is 0.696. The first kappa shape index (κ1) is 10.5. The van der Waals surface area contributed by atoms with E-state index in [-0.39, 0.29) is 0 Å². The number of rotatable bonds is 4. The van der Waals surface area contributed by atoms with Gasteiger partial charge in [0.05, 0.1) is 0 Å². The summed E-state index contributed by atoms with van der Waals surface area (Å²) in [6.07, 6.45) is 0. The topological polar surface area (TPSA) is 24.1 Å². The van der Waals surface area contributed by atoms with Crippen molar-refractivity contribution in [3.05, 3.63) is 6.58 Å². The zero-order chi connectivity index (χ0) is 8.85. The van der Waals surface area contributed by atoms with Gasteiger partial charge in [0, 0.05) is 12.1 Å². The first-order chi connectivity index (χ1) is 5.06. The highest BCUT2D eigenvalue weighted by Gasteiger charge is 2.00. The summed E-state index contributed by atoms with van der Waals surface area (Å²) in [5.74, 6) is 0. The highest BCUT2D eigenvalue weighted by Crippen LogP contribution is 1.76. The summed E-state index contributed by atoms with van der Waals surface area (Å²) < 4.78 is 0. The van der Waals surface area contributed by atoms with E-state index in [0.717, 1.165) is 0 Å². The zero-order valence-corrected chi connectivity index (χ0v) is 8.86. The molecule has 0 spiro atoms. The van der Waals surface area contributed by atoms with Gasteiger partial charge in [-0.1, -0.05) is 6.58 Å². The van der Waals surface area contributed by atoms with Crippen LogP contribution in [0, 0.1) is 0 Å². The Balaban J connectivity index is 3.89. The van der Waals surface area contributed by atoms with Gasteiger partial charge in [0.25, 0.3) is 8.73 Å². The van der Waals surface area contributed by atoms with Gasteiger partial charge in [-0.3, -0.25) is 0 Å². The van der Waals surface area contributed by atoms with Gasteiger partial charge in [-0.15, -0.1) is 5.33 Å². The average molecular weight is 170 g/mol. The van der Waals surface area contributed by atoms with Crippen LogP contribution in [0.2, 0.25) is 0 Å². The molecular formula is C8H18N2Si. The van der Waals surface area contributed by atoms with Crippen LogP contribution in [0.4, 0.5) is 0 Å². The minimum absolute atomic E-state index is 0.504. The molecule has 0 radical (unpaired) electrons. The molecule has 0 aromatic carbocycles. The van der Waals surface area contributed by atoms with Crippen LogP contribution in [0.15, 0.2) is 6.58 Å². The van der Waals surface area contributed by atoms with Crippen LogP contribution in [-0.2, 0) is 0 Å². The number of hydrogen-bond donors (Lipinski definition) is 2. The largest absolute Gasteiger partial charge is 0.396 e. The van der Waals surface area contributed by atoms with Crippen molar-refractivity contribution in [1.82, 2.24) is 9.96 Å². The van der Waals surface area contributed by atoms with Gasteiger partial charge >= 0.3 is 0 Å². The summed E-state index contributed by atoms with van der Waals surface area (Å²) >= 11 is 0. The van der Waals surface area contributed by atoms with Crippen molar-refractivity contribution in [2.45, 2.75) is 39.8 Å². The summed E-state index contributed by atoms with van der Waals surface area (Å²) in [5, 5.41) is 2.99. The molecule has 0 atom stereocenters. The molecule has 0 rings (SSSR count). The maximum Gasteiger partial charge on any atom is 0.298 e. The Kier molecular flexibility index (Phi) is 4.91. The molecule has 3 heteroatoms. The average Bonchev–Trinajstić information content (AvgIpc) is 1.84. The molecule has 0 aliphatic heterocycles. The standard InChI is InChI=1S/C8H18N2Si/c1-6-11(9-7(2)3)10-8(4)5/h7-10H,1H2,2-5H3. The third kappa shape index (κ3) is 5.89. The van der Waals surface area contributed by atoms with Crippen LogP contribution >= 0.6 is 0 Å². The van der Waals surface area contributed by atoms with Crippen molar-refractivity contribution >= 4 is 14.1 Å². The summed E-state index contributed by atoms with van der Waals surface area (Å²) in [7, 11) is -0.844. The lowest BCUT2D eigenvalue weighted by Crippen LogP contribution is -2.47. The number of hydrogen-bond acceptors (Lipinski definition) is 2. The second kappa shape index (κ2) is 5.16. The molecule has 0 bridgehead atoms. The SMILES string of the molecule is C=C=[Si](NC(C)C)NC(C)C. The third-order valence-electron chi connectivity index (χ3n) is 1.04. The predicted molar refractivity (Wildman–Crippen MR) is 52.9 cm³/mol. The van der Waals surface area contributed by atoms with E-state index in [1.807, 2.05) is 0 Å². The fraction of sp³-hybridized carbons (Fsp3) is 0.750. The molecule has 0 aromatic heterocycles. The summed E-state index contributed by atoms with van der Waals surface area (Å²) in [4.78, 5) is 6.76. The second-order valence-electron chi connectivity index (χ2n) is 3.15. The van der Waals surface area contributed by atoms with Gasteiger partial charge < -0.3 is 9.96 Å². The van der Waals surface area contributed by atoms with Gasteiger partial charge in [-0.05, 0) is 27.7 Å². The molecule has 0 aliphatic rings. The quantitative estimate of drug-likeness (QED) is 0.605. The van der Waals surface area contributed by atoms with E-state index in [2.05, 4.69) is 49.6 Å². The molecular weight excluding hydrogens is 152 g/mol.